The van der Waals surface area contributed by atoms with Gasteiger partial charge in [-0.2, -0.15) is 0 Å². The third-order valence-corrected chi connectivity index (χ3v) is 5.04. The van der Waals surface area contributed by atoms with Crippen LogP contribution in [0.2, 0.25) is 0 Å². The van der Waals surface area contributed by atoms with Crippen LogP contribution in [-0.4, -0.2) is 23.3 Å². The molecule has 0 saturated carbocycles. The van der Waals surface area contributed by atoms with Gasteiger partial charge in [0.2, 0.25) is 11.8 Å². The molecule has 2 aromatic carbocycles. The summed E-state index contributed by atoms with van der Waals surface area (Å²) in [5.41, 5.74) is 1.97. The highest BCUT2D eigenvalue weighted by atomic mass is 79.9. The molecule has 0 spiro atoms. The van der Waals surface area contributed by atoms with Crippen LogP contribution in [0, 0.1) is 12.7 Å². The number of oxazole rings is 1. The number of aromatic nitrogens is 1. The molecular weight excluding hydrogens is 441 g/mol. The maximum atomic E-state index is 13.8. The first kappa shape index (κ1) is 20.7. The summed E-state index contributed by atoms with van der Waals surface area (Å²) in [6.45, 7) is 1.78. The van der Waals surface area contributed by atoms with Crippen LogP contribution in [0.25, 0.3) is 11.3 Å². The van der Waals surface area contributed by atoms with Crippen LogP contribution >= 0.6 is 15.9 Å². The number of hydrogen-bond donors (Lipinski definition) is 2. The molecule has 2 amide bonds. The normalized spacial score (nSPS) is 10.6. The Hall–Kier alpha value is -3.00. The van der Waals surface area contributed by atoms with Gasteiger partial charge in [-0.05, 0) is 42.8 Å². The van der Waals surface area contributed by atoms with Gasteiger partial charge in [0.1, 0.15) is 5.82 Å². The van der Waals surface area contributed by atoms with Gasteiger partial charge in [-0.1, -0.05) is 28.1 Å². The van der Waals surface area contributed by atoms with E-state index in [4.69, 9.17) is 4.42 Å². The lowest BCUT2D eigenvalue weighted by Gasteiger charge is -2.08. The zero-order chi connectivity index (χ0) is 20.8. The molecule has 3 aromatic rings. The van der Waals surface area contributed by atoms with Crippen molar-refractivity contribution >= 4 is 33.4 Å². The third-order valence-electron chi connectivity index (χ3n) is 4.15. The van der Waals surface area contributed by atoms with Gasteiger partial charge in [0.25, 0.3) is 0 Å². The van der Waals surface area contributed by atoms with Gasteiger partial charge < -0.3 is 15.1 Å². The second kappa shape index (κ2) is 9.47. The molecule has 0 fully saturated rings. The van der Waals surface area contributed by atoms with E-state index in [9.17, 15) is 14.0 Å². The molecular formula is C21H19BrFN3O3. The monoisotopic (exact) mass is 459 g/mol. The smallest absolute Gasteiger partial charge is 0.243 e. The lowest BCUT2D eigenvalue weighted by molar-refractivity contribution is -0.124. The Bertz CT molecular complexity index is 1040. The minimum absolute atomic E-state index is 0.0991. The molecule has 2 N–H and O–H groups in total. The predicted octanol–water partition coefficient (Wildman–Crippen LogP) is 4.24. The quantitative estimate of drug-likeness (QED) is 0.553. The van der Waals surface area contributed by atoms with Crippen molar-refractivity contribution in [3.05, 3.63) is 70.4 Å². The second-order valence-corrected chi connectivity index (χ2v) is 7.24. The number of nitrogens with one attached hydrogen (secondary N) is 2. The van der Waals surface area contributed by atoms with E-state index in [1.165, 1.54) is 12.3 Å². The molecule has 29 heavy (non-hydrogen) atoms. The highest BCUT2D eigenvalue weighted by Gasteiger charge is 2.12. The predicted molar refractivity (Wildman–Crippen MR) is 111 cm³/mol. The molecule has 0 saturated heterocycles. The zero-order valence-electron chi connectivity index (χ0n) is 15.7. The molecule has 0 aliphatic heterocycles. The molecule has 0 aliphatic carbocycles. The molecule has 8 heteroatoms. The van der Waals surface area contributed by atoms with Gasteiger partial charge in [-0.3, -0.25) is 9.59 Å². The molecule has 0 radical (unpaired) electrons. The summed E-state index contributed by atoms with van der Waals surface area (Å²) in [4.78, 5) is 28.0. The lowest BCUT2D eigenvalue weighted by atomic mass is 10.2. The van der Waals surface area contributed by atoms with E-state index in [0.717, 1.165) is 10.0 Å². The van der Waals surface area contributed by atoms with E-state index >= 15 is 0 Å². The number of anilines is 1. The van der Waals surface area contributed by atoms with Crippen molar-refractivity contribution in [2.24, 2.45) is 0 Å². The average Bonchev–Trinajstić information content (AvgIpc) is 3.17. The third kappa shape index (κ3) is 5.74. The van der Waals surface area contributed by atoms with Crippen LogP contribution in [0.4, 0.5) is 10.1 Å². The summed E-state index contributed by atoms with van der Waals surface area (Å²) in [5.74, 6) is -0.397. The van der Waals surface area contributed by atoms with Crippen LogP contribution in [0.1, 0.15) is 17.9 Å². The SMILES string of the molecule is Cc1cc(NC(=O)CNC(=O)CCc2ncc(-c3ccccc3F)o2)ccc1Br. The number of rotatable bonds is 7. The summed E-state index contributed by atoms with van der Waals surface area (Å²) in [7, 11) is 0. The molecule has 3 rings (SSSR count). The molecule has 0 bridgehead atoms. The topological polar surface area (TPSA) is 84.2 Å². The molecule has 6 nitrogen and oxygen atoms in total. The number of benzene rings is 2. The first-order chi connectivity index (χ1) is 13.9. The molecule has 0 aliphatic rings. The van der Waals surface area contributed by atoms with Crippen LogP contribution in [-0.2, 0) is 16.0 Å². The standard InChI is InChI=1S/C21H19BrFN3O3/c1-13-10-14(6-7-16(13)22)26-20(28)12-24-19(27)8-9-21-25-11-18(29-21)15-4-2-3-5-17(15)23/h2-7,10-11H,8-9,12H2,1H3,(H,24,27)(H,26,28). The Labute approximate surface area is 175 Å². The van der Waals surface area contributed by atoms with Crippen LogP contribution in [0.5, 0.6) is 0 Å². The van der Waals surface area contributed by atoms with Gasteiger partial charge in [-0.25, -0.2) is 9.37 Å². The minimum Gasteiger partial charge on any atom is -0.441 e. The Morgan fingerprint density at radius 2 is 1.97 bits per heavy atom. The largest absolute Gasteiger partial charge is 0.441 e. The number of carbonyl (C=O) groups is 2. The van der Waals surface area contributed by atoms with Crippen LogP contribution < -0.4 is 10.6 Å². The summed E-state index contributed by atoms with van der Waals surface area (Å²) >= 11 is 3.40. The van der Waals surface area contributed by atoms with Gasteiger partial charge in [0, 0.05) is 23.0 Å². The maximum absolute atomic E-state index is 13.8. The zero-order valence-corrected chi connectivity index (χ0v) is 17.3. The van der Waals surface area contributed by atoms with Crippen molar-refractivity contribution in [2.45, 2.75) is 19.8 Å². The number of aryl methyl sites for hydroxylation is 2. The van der Waals surface area contributed by atoms with E-state index in [1.54, 1.807) is 24.3 Å². The van der Waals surface area contributed by atoms with E-state index in [2.05, 4.69) is 31.5 Å². The van der Waals surface area contributed by atoms with Crippen molar-refractivity contribution < 1.29 is 18.4 Å². The van der Waals surface area contributed by atoms with Gasteiger partial charge >= 0.3 is 0 Å². The first-order valence-corrected chi connectivity index (χ1v) is 9.74. The summed E-state index contributed by atoms with van der Waals surface area (Å²) < 4.78 is 20.2. The van der Waals surface area contributed by atoms with Gasteiger partial charge in [0.15, 0.2) is 11.7 Å². The second-order valence-electron chi connectivity index (χ2n) is 6.39. The van der Waals surface area contributed by atoms with Crippen molar-refractivity contribution in [3.63, 3.8) is 0 Å². The van der Waals surface area contributed by atoms with E-state index in [1.807, 2.05) is 19.1 Å². The lowest BCUT2D eigenvalue weighted by Crippen LogP contribution is -2.33. The van der Waals surface area contributed by atoms with Crippen molar-refractivity contribution in [2.75, 3.05) is 11.9 Å². The fourth-order valence-corrected chi connectivity index (χ4v) is 2.87. The van der Waals surface area contributed by atoms with E-state index < -0.39 is 5.82 Å². The molecule has 0 unspecified atom stereocenters. The van der Waals surface area contributed by atoms with Gasteiger partial charge in [-0.15, -0.1) is 0 Å². The van der Waals surface area contributed by atoms with Crippen molar-refractivity contribution in [1.82, 2.24) is 10.3 Å². The highest BCUT2D eigenvalue weighted by Crippen LogP contribution is 2.23. The average molecular weight is 460 g/mol. The Morgan fingerprint density at radius 3 is 2.72 bits per heavy atom. The van der Waals surface area contributed by atoms with E-state index in [-0.39, 0.29) is 31.2 Å². The van der Waals surface area contributed by atoms with Gasteiger partial charge in [0.05, 0.1) is 18.3 Å². The molecule has 1 heterocycles. The molecule has 1 aromatic heterocycles. The fourth-order valence-electron chi connectivity index (χ4n) is 2.63. The summed E-state index contributed by atoms with van der Waals surface area (Å²) in [5, 5.41) is 5.28. The Kier molecular flexibility index (Phi) is 6.77. The van der Waals surface area contributed by atoms with Crippen LogP contribution in [0.15, 0.2) is 57.6 Å². The Balaban J connectivity index is 1.45. The fraction of sp³-hybridized carbons (Fsp3) is 0.190. The van der Waals surface area contributed by atoms with Crippen LogP contribution in [0.3, 0.4) is 0 Å². The number of nitrogens with zero attached hydrogens (tertiary/aromatic N) is 1. The van der Waals surface area contributed by atoms with E-state index in [0.29, 0.717) is 22.9 Å². The molecule has 0 atom stereocenters. The number of carbonyl (C=O) groups excluding carboxylic acids is 2. The highest BCUT2D eigenvalue weighted by molar-refractivity contribution is 9.10. The molecule has 150 valence electrons. The van der Waals surface area contributed by atoms with Crippen molar-refractivity contribution in [1.29, 1.82) is 0 Å². The van der Waals surface area contributed by atoms with Crippen molar-refractivity contribution in [3.8, 4) is 11.3 Å². The minimum atomic E-state index is -0.403. The first-order valence-electron chi connectivity index (χ1n) is 8.94. The number of amides is 2. The summed E-state index contributed by atoms with van der Waals surface area (Å²) in [6, 6.07) is 11.7. The number of halogens is 2. The number of hydrogen-bond acceptors (Lipinski definition) is 4. The maximum Gasteiger partial charge on any atom is 0.243 e. The summed E-state index contributed by atoms with van der Waals surface area (Å²) in [6.07, 6.45) is 1.77. The Morgan fingerprint density at radius 1 is 1.17 bits per heavy atom.